The largest absolute Gasteiger partial charge is 0.489 e. The van der Waals surface area contributed by atoms with Gasteiger partial charge in [-0.15, -0.1) is 0 Å². The first-order valence-electron chi connectivity index (χ1n) is 13.4. The number of amides is 2. The number of alkyl halides is 7. The number of hydrogen-bond acceptors (Lipinski definition) is 7. The van der Waals surface area contributed by atoms with Crippen LogP contribution in [0.25, 0.3) is 22.2 Å². The van der Waals surface area contributed by atoms with Gasteiger partial charge in [-0.3, -0.25) is 14.6 Å². The molecule has 0 saturated carbocycles. The molecule has 1 aliphatic heterocycles. The Balaban J connectivity index is 1.62. The van der Waals surface area contributed by atoms with Crippen molar-refractivity contribution in [3.63, 3.8) is 0 Å². The molecule has 5 rings (SSSR count). The van der Waals surface area contributed by atoms with Gasteiger partial charge in [-0.25, -0.2) is 18.2 Å². The topological polar surface area (TPSA) is 137 Å². The molecule has 47 heavy (non-hydrogen) atoms. The highest BCUT2D eigenvalue weighted by Gasteiger charge is 2.60. The quantitative estimate of drug-likeness (QED) is 0.216. The summed E-state index contributed by atoms with van der Waals surface area (Å²) < 4.78 is 122. The summed E-state index contributed by atoms with van der Waals surface area (Å²) in [4.78, 5) is 33.3. The lowest BCUT2D eigenvalue weighted by Gasteiger charge is -2.32. The van der Waals surface area contributed by atoms with E-state index in [9.17, 15) is 49.8 Å². The summed E-state index contributed by atoms with van der Waals surface area (Å²) in [6.07, 6.45) is -7.91. The van der Waals surface area contributed by atoms with E-state index in [2.05, 4.69) is 14.7 Å². The van der Waals surface area contributed by atoms with Gasteiger partial charge < -0.3 is 25.6 Å². The molecule has 17 heteroatoms. The van der Waals surface area contributed by atoms with Gasteiger partial charge in [0.05, 0.1) is 12.2 Å². The maximum atomic E-state index is 14.7. The van der Waals surface area contributed by atoms with Gasteiger partial charge in [0.15, 0.2) is 11.2 Å². The lowest BCUT2D eigenvalue weighted by atomic mass is 9.80. The molecule has 1 aliphatic rings. The number of ether oxygens (including phenoxy) is 2. The van der Waals surface area contributed by atoms with E-state index in [1.807, 2.05) is 5.32 Å². The normalized spacial score (nSPS) is 17.4. The predicted octanol–water partition coefficient (Wildman–Crippen LogP) is 4.91. The molecular weight excluding hydrogens is 648 g/mol. The van der Waals surface area contributed by atoms with Crippen LogP contribution < -0.4 is 20.5 Å². The number of pyridine rings is 2. The molecule has 0 radical (unpaired) electrons. The number of aliphatic hydroxyl groups is 1. The first kappa shape index (κ1) is 33.3. The summed E-state index contributed by atoms with van der Waals surface area (Å²) in [6.45, 7) is -4.51. The minimum Gasteiger partial charge on any atom is -0.489 e. The lowest BCUT2D eigenvalue weighted by molar-refractivity contribution is -0.265. The number of nitrogens with one attached hydrogen (secondary N) is 1. The fourth-order valence-corrected chi connectivity index (χ4v) is 5.07. The van der Waals surface area contributed by atoms with Crippen LogP contribution in [0.15, 0.2) is 54.7 Å². The van der Waals surface area contributed by atoms with E-state index >= 15 is 0 Å². The second-order valence-corrected chi connectivity index (χ2v) is 10.6. The average Bonchev–Trinajstić information content (AvgIpc) is 3.39. The van der Waals surface area contributed by atoms with Crippen molar-refractivity contribution in [2.24, 2.45) is 5.73 Å². The number of nitrogens with two attached hydrogens (primary N) is 1. The number of carbonyl (C=O) groups is 2. The van der Waals surface area contributed by atoms with Crippen molar-refractivity contribution in [3.05, 3.63) is 82.9 Å². The number of nitrogens with zero attached hydrogens (tertiary/aromatic N) is 2. The van der Waals surface area contributed by atoms with Crippen molar-refractivity contribution < 1.29 is 59.3 Å². The third-order valence-corrected chi connectivity index (χ3v) is 7.59. The summed E-state index contributed by atoms with van der Waals surface area (Å²) in [6, 6.07) is 7.64. The molecule has 2 aromatic carbocycles. The summed E-state index contributed by atoms with van der Waals surface area (Å²) in [7, 11) is 0. The van der Waals surface area contributed by atoms with Gasteiger partial charge in [0.1, 0.15) is 29.4 Å². The summed E-state index contributed by atoms with van der Waals surface area (Å²) in [5.41, 5.74) is -4.67. The molecule has 0 spiro atoms. The Bertz CT molecular complexity index is 1870. The number of halogens is 8. The van der Waals surface area contributed by atoms with Crippen LogP contribution in [0.4, 0.5) is 35.1 Å². The maximum absolute atomic E-state index is 14.7. The highest BCUT2D eigenvalue weighted by molar-refractivity contribution is 6.00. The third kappa shape index (κ3) is 5.86. The van der Waals surface area contributed by atoms with Crippen LogP contribution >= 0.6 is 0 Å². The zero-order chi connectivity index (χ0) is 34.5. The molecular formula is C30H22F8N4O5. The number of aryl methyl sites for hydroxylation is 1. The van der Waals surface area contributed by atoms with Gasteiger partial charge in [0, 0.05) is 28.3 Å². The minimum atomic E-state index is -5.66. The van der Waals surface area contributed by atoms with Crippen molar-refractivity contribution in [1.82, 2.24) is 15.3 Å². The number of aromatic nitrogens is 2. The Hall–Kier alpha value is -5.06. The lowest BCUT2D eigenvalue weighted by Crippen LogP contribution is -2.52. The zero-order valence-corrected chi connectivity index (χ0v) is 23.8. The Morgan fingerprint density at radius 2 is 1.79 bits per heavy atom. The number of hydrogen-bond donors (Lipinski definition) is 3. The molecule has 2 aromatic heterocycles. The van der Waals surface area contributed by atoms with E-state index in [1.165, 1.54) is 12.3 Å². The van der Waals surface area contributed by atoms with Gasteiger partial charge >= 0.3 is 12.8 Å². The van der Waals surface area contributed by atoms with Crippen LogP contribution in [0.3, 0.4) is 0 Å². The standard InChI is InChI=1S/C30H22F8N4O5/c1-13-6-15-7-16(8-19(47-27(34)35)21(15)40-10-13)24(43)41-11-29(45,30(36,37)38)20-9-18-23(46-12-28(18,25(32)33)26(39)44)22(42-20)14-2-4-17(31)5-3-14/h2-10,25,27,45H,11-12H2,1H3,(H2,39,44)(H,41,43)/t28-,29?/m1/s1. The fourth-order valence-electron chi connectivity index (χ4n) is 5.07. The third-order valence-electron chi connectivity index (χ3n) is 7.59. The number of fused-ring (bicyclic) bond motifs is 2. The van der Waals surface area contributed by atoms with Crippen LogP contribution in [0.5, 0.6) is 11.5 Å². The van der Waals surface area contributed by atoms with Gasteiger partial charge in [0.2, 0.25) is 11.5 Å². The van der Waals surface area contributed by atoms with Crippen LogP contribution in [0, 0.1) is 12.7 Å². The molecule has 0 aliphatic carbocycles. The summed E-state index contributed by atoms with van der Waals surface area (Å²) in [5, 5.41) is 13.1. The molecule has 1 unspecified atom stereocenters. The highest BCUT2D eigenvalue weighted by Crippen LogP contribution is 2.49. The van der Waals surface area contributed by atoms with Crippen molar-refractivity contribution in [2.75, 3.05) is 13.2 Å². The van der Waals surface area contributed by atoms with Crippen LogP contribution in [-0.4, -0.2) is 59.3 Å². The van der Waals surface area contributed by atoms with Crippen molar-refractivity contribution in [1.29, 1.82) is 0 Å². The monoisotopic (exact) mass is 670 g/mol. The van der Waals surface area contributed by atoms with E-state index in [0.29, 0.717) is 11.6 Å². The Morgan fingerprint density at radius 1 is 1.11 bits per heavy atom. The molecule has 4 aromatic rings. The maximum Gasteiger partial charge on any atom is 0.424 e. The number of rotatable bonds is 9. The fraction of sp³-hybridized carbons (Fsp3) is 0.267. The van der Waals surface area contributed by atoms with Crippen molar-refractivity contribution >= 4 is 22.7 Å². The number of carbonyl (C=O) groups excluding carboxylic acids is 2. The smallest absolute Gasteiger partial charge is 0.424 e. The Kier molecular flexibility index (Phi) is 8.47. The van der Waals surface area contributed by atoms with E-state index in [0.717, 1.165) is 36.4 Å². The molecule has 2 amide bonds. The van der Waals surface area contributed by atoms with Gasteiger partial charge in [0.25, 0.3) is 12.3 Å². The van der Waals surface area contributed by atoms with E-state index in [-0.39, 0.29) is 16.5 Å². The molecule has 0 fully saturated rings. The minimum absolute atomic E-state index is 0.0749. The second kappa shape index (κ2) is 11.9. The molecule has 0 saturated heterocycles. The van der Waals surface area contributed by atoms with Crippen LogP contribution in [-0.2, 0) is 15.8 Å². The molecule has 2 atom stereocenters. The van der Waals surface area contributed by atoms with Crippen molar-refractivity contribution in [3.8, 4) is 22.8 Å². The first-order chi connectivity index (χ1) is 22.0. The van der Waals surface area contributed by atoms with Crippen LogP contribution in [0.1, 0.15) is 27.2 Å². The van der Waals surface area contributed by atoms with Gasteiger partial charge in [-0.05, 0) is 61.0 Å². The molecule has 4 N–H and O–H groups in total. The Labute approximate surface area is 259 Å². The van der Waals surface area contributed by atoms with Gasteiger partial charge in [-0.1, -0.05) is 0 Å². The molecule has 248 valence electrons. The van der Waals surface area contributed by atoms with Gasteiger partial charge in [-0.2, -0.15) is 22.0 Å². The first-order valence-corrected chi connectivity index (χ1v) is 13.4. The summed E-state index contributed by atoms with van der Waals surface area (Å²) in [5.74, 6) is -4.83. The highest BCUT2D eigenvalue weighted by atomic mass is 19.4. The second-order valence-electron chi connectivity index (χ2n) is 10.6. The predicted molar refractivity (Wildman–Crippen MR) is 147 cm³/mol. The van der Waals surface area contributed by atoms with Crippen LogP contribution in [0.2, 0.25) is 0 Å². The Morgan fingerprint density at radius 3 is 2.38 bits per heavy atom. The number of primary amides is 1. The van der Waals surface area contributed by atoms with E-state index in [4.69, 9.17) is 10.5 Å². The van der Waals surface area contributed by atoms with E-state index in [1.54, 1.807) is 6.92 Å². The van der Waals surface area contributed by atoms with E-state index < -0.39 is 95.0 Å². The average molecular weight is 671 g/mol. The summed E-state index contributed by atoms with van der Waals surface area (Å²) >= 11 is 0. The zero-order valence-electron chi connectivity index (χ0n) is 23.8. The van der Waals surface area contributed by atoms with Crippen molar-refractivity contribution in [2.45, 2.75) is 37.2 Å². The molecule has 3 heterocycles. The number of benzene rings is 2. The SMILES string of the molecule is Cc1cnc2c(OC(F)F)cc(C(=O)NCC(O)(c3cc4c(c(-c5ccc(F)cc5)n3)OC[C@]4(C(N)=O)C(F)F)C(F)(F)F)cc2c1. The molecule has 9 nitrogen and oxygen atoms in total. The molecule has 0 bridgehead atoms.